The van der Waals surface area contributed by atoms with Gasteiger partial charge in [-0.1, -0.05) is 50.2 Å². The highest BCUT2D eigenvalue weighted by molar-refractivity contribution is 5.99. The fraction of sp³-hybridized carbons (Fsp3) is 0.231. The highest BCUT2D eigenvalue weighted by Gasteiger charge is 2.23. The molecule has 33 heavy (non-hydrogen) atoms. The summed E-state index contributed by atoms with van der Waals surface area (Å²) in [6, 6.07) is 17.8. The number of carbonyl (C=O) groups is 1. The molecule has 0 aliphatic rings. The summed E-state index contributed by atoms with van der Waals surface area (Å²) in [7, 11) is 0. The summed E-state index contributed by atoms with van der Waals surface area (Å²) in [6.45, 7) is 6.86. The first-order chi connectivity index (χ1) is 16.1. The molecule has 0 saturated heterocycles. The highest BCUT2D eigenvalue weighted by Crippen LogP contribution is 2.33. The largest absolute Gasteiger partial charge is 0.489 e. The Morgan fingerprint density at radius 2 is 1.79 bits per heavy atom. The lowest BCUT2D eigenvalue weighted by Gasteiger charge is -2.10. The number of benzene rings is 2. The summed E-state index contributed by atoms with van der Waals surface area (Å²) in [5.41, 5.74) is 5.28. The van der Waals surface area contributed by atoms with Gasteiger partial charge in [-0.05, 0) is 47.7 Å². The van der Waals surface area contributed by atoms with Gasteiger partial charge in [-0.2, -0.15) is 5.10 Å². The SMILES string of the molecule is CCOC(=O)c1[nH]nc(-c2ccncn2)c1-c1ccc(OCc2ccc(C(C)C)cc2)cc1. The van der Waals surface area contributed by atoms with E-state index < -0.39 is 5.97 Å². The summed E-state index contributed by atoms with van der Waals surface area (Å²) in [5, 5.41) is 7.15. The summed E-state index contributed by atoms with van der Waals surface area (Å²) in [4.78, 5) is 20.8. The van der Waals surface area contributed by atoms with Crippen LogP contribution < -0.4 is 4.74 Å². The number of H-pyrrole nitrogens is 1. The maximum Gasteiger partial charge on any atom is 0.357 e. The van der Waals surface area contributed by atoms with Crippen molar-refractivity contribution in [1.29, 1.82) is 0 Å². The second-order valence-electron chi connectivity index (χ2n) is 7.85. The molecule has 4 rings (SSSR count). The quantitative estimate of drug-likeness (QED) is 0.367. The first-order valence-electron chi connectivity index (χ1n) is 10.9. The second kappa shape index (κ2) is 10.1. The molecule has 168 valence electrons. The Morgan fingerprint density at radius 3 is 2.42 bits per heavy atom. The lowest BCUT2D eigenvalue weighted by atomic mass is 10.0. The number of aromatic nitrogens is 4. The molecule has 7 nitrogen and oxygen atoms in total. The minimum atomic E-state index is -0.467. The lowest BCUT2D eigenvalue weighted by Crippen LogP contribution is -2.06. The van der Waals surface area contributed by atoms with E-state index in [-0.39, 0.29) is 12.3 Å². The lowest BCUT2D eigenvalue weighted by molar-refractivity contribution is 0.0520. The number of carbonyl (C=O) groups excluding carboxylic acids is 1. The van der Waals surface area contributed by atoms with Gasteiger partial charge in [0.15, 0.2) is 5.69 Å². The third kappa shape index (κ3) is 5.09. The first kappa shape index (κ1) is 22.2. The number of esters is 1. The van der Waals surface area contributed by atoms with Crippen LogP contribution in [0.1, 0.15) is 48.3 Å². The second-order valence-corrected chi connectivity index (χ2v) is 7.85. The zero-order chi connectivity index (χ0) is 23.2. The van der Waals surface area contributed by atoms with Gasteiger partial charge in [0, 0.05) is 11.8 Å². The fourth-order valence-corrected chi connectivity index (χ4v) is 3.47. The Bertz CT molecular complexity index is 1200. The average Bonchev–Trinajstić information content (AvgIpc) is 3.29. The Morgan fingerprint density at radius 1 is 1.03 bits per heavy atom. The maximum atomic E-state index is 12.5. The van der Waals surface area contributed by atoms with E-state index in [1.807, 2.05) is 24.3 Å². The van der Waals surface area contributed by atoms with Crippen molar-refractivity contribution in [1.82, 2.24) is 20.2 Å². The van der Waals surface area contributed by atoms with Gasteiger partial charge in [-0.15, -0.1) is 0 Å². The Kier molecular flexibility index (Phi) is 6.78. The van der Waals surface area contributed by atoms with Crippen LogP contribution in [0.15, 0.2) is 67.1 Å². The predicted octanol–water partition coefficient (Wildman–Crippen LogP) is 5.41. The van der Waals surface area contributed by atoms with Crippen molar-refractivity contribution in [2.45, 2.75) is 33.3 Å². The van der Waals surface area contributed by atoms with E-state index in [2.05, 4.69) is 58.3 Å². The van der Waals surface area contributed by atoms with Crippen LogP contribution in [0.3, 0.4) is 0 Å². The molecule has 0 atom stereocenters. The van der Waals surface area contributed by atoms with Gasteiger partial charge in [-0.3, -0.25) is 5.10 Å². The van der Waals surface area contributed by atoms with Crippen LogP contribution in [0.25, 0.3) is 22.5 Å². The molecule has 1 N–H and O–H groups in total. The molecule has 7 heteroatoms. The van der Waals surface area contributed by atoms with Crippen LogP contribution in [-0.4, -0.2) is 32.7 Å². The Balaban J connectivity index is 1.57. The van der Waals surface area contributed by atoms with Crippen molar-refractivity contribution in [2.75, 3.05) is 6.61 Å². The van der Waals surface area contributed by atoms with Gasteiger partial charge in [0.05, 0.1) is 12.3 Å². The molecule has 2 aromatic carbocycles. The fourth-order valence-electron chi connectivity index (χ4n) is 3.47. The standard InChI is InChI=1S/C26H26N4O3/c1-4-32-26(31)25-23(24(29-30-25)22-13-14-27-16-28-22)20-9-11-21(12-10-20)33-15-18-5-7-19(8-6-18)17(2)3/h5-14,16-17H,4,15H2,1-3H3,(H,29,30). The van der Waals surface area contributed by atoms with Crippen molar-refractivity contribution in [3.63, 3.8) is 0 Å². The van der Waals surface area contributed by atoms with E-state index in [9.17, 15) is 4.79 Å². The molecule has 0 aliphatic carbocycles. The molecule has 0 saturated carbocycles. The zero-order valence-electron chi connectivity index (χ0n) is 18.9. The molecule has 0 aliphatic heterocycles. The highest BCUT2D eigenvalue weighted by atomic mass is 16.5. The van der Waals surface area contributed by atoms with Crippen LogP contribution in [0.5, 0.6) is 5.75 Å². The molecule has 2 aromatic heterocycles. The summed E-state index contributed by atoms with van der Waals surface area (Å²) >= 11 is 0. The minimum absolute atomic E-state index is 0.269. The maximum absolute atomic E-state index is 12.5. The van der Waals surface area contributed by atoms with E-state index in [0.29, 0.717) is 29.5 Å². The van der Waals surface area contributed by atoms with Gasteiger partial charge >= 0.3 is 5.97 Å². The third-order valence-corrected chi connectivity index (χ3v) is 5.27. The van der Waals surface area contributed by atoms with Gasteiger partial charge in [0.2, 0.25) is 0 Å². The van der Waals surface area contributed by atoms with Crippen molar-refractivity contribution >= 4 is 5.97 Å². The zero-order valence-corrected chi connectivity index (χ0v) is 18.9. The van der Waals surface area contributed by atoms with Crippen LogP contribution in [0.2, 0.25) is 0 Å². The molecule has 2 heterocycles. The molecular weight excluding hydrogens is 416 g/mol. The van der Waals surface area contributed by atoms with E-state index in [1.165, 1.54) is 11.9 Å². The van der Waals surface area contributed by atoms with E-state index >= 15 is 0 Å². The minimum Gasteiger partial charge on any atom is -0.489 e. The molecule has 0 spiro atoms. The molecule has 0 bridgehead atoms. The molecule has 0 fully saturated rings. The van der Waals surface area contributed by atoms with Crippen molar-refractivity contribution in [3.8, 4) is 28.3 Å². The summed E-state index contributed by atoms with van der Waals surface area (Å²) in [6.07, 6.45) is 3.08. The van der Waals surface area contributed by atoms with Crippen LogP contribution >= 0.6 is 0 Å². The van der Waals surface area contributed by atoms with E-state index in [4.69, 9.17) is 9.47 Å². The van der Waals surface area contributed by atoms with E-state index in [0.717, 1.165) is 16.9 Å². The van der Waals surface area contributed by atoms with E-state index in [1.54, 1.807) is 19.2 Å². The third-order valence-electron chi connectivity index (χ3n) is 5.27. The summed E-state index contributed by atoms with van der Waals surface area (Å²) < 4.78 is 11.2. The van der Waals surface area contributed by atoms with Gasteiger partial charge in [-0.25, -0.2) is 14.8 Å². The Hall–Kier alpha value is -4.00. The number of nitrogens with one attached hydrogen (secondary N) is 1. The van der Waals surface area contributed by atoms with Crippen molar-refractivity contribution < 1.29 is 14.3 Å². The number of aromatic amines is 1. The molecule has 0 unspecified atom stereocenters. The molecule has 4 aromatic rings. The first-order valence-corrected chi connectivity index (χ1v) is 10.9. The number of ether oxygens (including phenoxy) is 2. The molecule has 0 radical (unpaired) electrons. The number of nitrogens with zero attached hydrogens (tertiary/aromatic N) is 3. The number of hydrogen-bond donors (Lipinski definition) is 1. The average molecular weight is 443 g/mol. The smallest absolute Gasteiger partial charge is 0.357 e. The number of rotatable bonds is 8. The topological polar surface area (TPSA) is 90.0 Å². The Labute approximate surface area is 192 Å². The monoisotopic (exact) mass is 442 g/mol. The molecular formula is C26H26N4O3. The predicted molar refractivity (Wildman–Crippen MR) is 126 cm³/mol. The van der Waals surface area contributed by atoms with Gasteiger partial charge in [0.1, 0.15) is 24.4 Å². The van der Waals surface area contributed by atoms with Crippen LogP contribution in [-0.2, 0) is 11.3 Å². The van der Waals surface area contributed by atoms with Gasteiger partial charge in [0.25, 0.3) is 0 Å². The molecule has 0 amide bonds. The normalized spacial score (nSPS) is 10.9. The van der Waals surface area contributed by atoms with Crippen molar-refractivity contribution in [3.05, 3.63) is 83.9 Å². The van der Waals surface area contributed by atoms with Crippen LogP contribution in [0, 0.1) is 0 Å². The number of hydrogen-bond acceptors (Lipinski definition) is 6. The van der Waals surface area contributed by atoms with Gasteiger partial charge < -0.3 is 9.47 Å². The van der Waals surface area contributed by atoms with Crippen molar-refractivity contribution in [2.24, 2.45) is 0 Å². The summed E-state index contributed by atoms with van der Waals surface area (Å²) in [5.74, 6) is 0.768. The van der Waals surface area contributed by atoms with Crippen LogP contribution in [0.4, 0.5) is 0 Å².